The summed E-state index contributed by atoms with van der Waals surface area (Å²) < 4.78 is 221. The molecule has 139 heavy (non-hydrogen) atoms. The number of aromatic carboxylic acids is 1. The number of aryl methyl sites for hydroxylation is 1. The maximum Gasteiger partial charge on any atom is 0.480 e. The number of halogens is 9. The van der Waals surface area contributed by atoms with Gasteiger partial charge in [0.2, 0.25) is 0 Å². The number of cyclic esters (lactones) is 1. The Bertz CT molecular complexity index is 5480. The Hall–Kier alpha value is -10.4. The molecule has 3 saturated heterocycles. The number of aromatic nitrogens is 2. The number of likely N-dealkylation sites (tertiary alicyclic amines) is 1. The molecular weight excluding hydrogens is 1930 g/mol. The van der Waals surface area contributed by atoms with Crippen LogP contribution in [-0.4, -0.2) is 258 Å². The lowest BCUT2D eigenvalue weighted by atomic mass is 9.89. The van der Waals surface area contributed by atoms with Gasteiger partial charge in [0.05, 0.1) is 111 Å². The average Bonchev–Trinajstić information content (AvgIpc) is 0.811. The first-order chi connectivity index (χ1) is 66.2. The number of sulfonamides is 3. The number of aliphatic hydroxyl groups excluding tert-OH is 3. The molecule has 3 aliphatic heterocycles. The van der Waals surface area contributed by atoms with E-state index in [2.05, 4.69) is 215 Å². The van der Waals surface area contributed by atoms with Crippen molar-refractivity contribution in [2.45, 2.75) is 148 Å². The van der Waals surface area contributed by atoms with E-state index in [0.29, 0.717) is 69.7 Å². The van der Waals surface area contributed by atoms with Crippen molar-refractivity contribution in [3.63, 3.8) is 0 Å². The van der Waals surface area contributed by atoms with E-state index in [1.54, 1.807) is 23.1 Å². The first-order valence-corrected chi connectivity index (χ1v) is 51.3. The molecule has 9 aromatic carbocycles. The molecule has 4 fully saturated rings. The van der Waals surface area contributed by atoms with Crippen LogP contribution in [0.3, 0.4) is 0 Å². The minimum Gasteiger partial charge on any atom is -0.545 e. The van der Waals surface area contributed by atoms with E-state index in [9.17, 15) is 89.1 Å². The van der Waals surface area contributed by atoms with Crippen LogP contribution in [0, 0.1) is 12.8 Å². The molecule has 4 N–H and O–H groups in total. The normalized spacial score (nSPS) is 15.4. The lowest BCUT2D eigenvalue weighted by Crippen LogP contribution is -2.65. The minimum atomic E-state index is -7.95. The highest BCUT2D eigenvalue weighted by molar-refractivity contribution is 8.13. The fourth-order valence-electron chi connectivity index (χ4n) is 14.0. The minimum absolute atomic E-state index is 0.0146. The number of aliphatic hydroxyl groups is 3. The Morgan fingerprint density at radius 1 is 0.504 bits per heavy atom. The first kappa shape index (κ1) is 114. The van der Waals surface area contributed by atoms with Crippen molar-refractivity contribution in [2.24, 2.45) is 5.92 Å². The van der Waals surface area contributed by atoms with Gasteiger partial charge in [-0.2, -0.15) is 43.8 Å². The number of aromatic amines is 1. The Morgan fingerprint density at radius 3 is 1.29 bits per heavy atom. The third-order valence-electron chi connectivity index (χ3n) is 21.1. The van der Waals surface area contributed by atoms with Gasteiger partial charge < -0.3 is 67.7 Å². The van der Waals surface area contributed by atoms with Crippen LogP contribution >= 0.6 is 0 Å². The van der Waals surface area contributed by atoms with Crippen molar-refractivity contribution in [1.29, 1.82) is 0 Å². The standard InChI is InChI=1S/C19H17S.C18H15S.C17H29NO4.C13H10N2.C12H13F9N3O8S3.C12H27NO6.C7H6O2/c1-16-12-14-19(15-13-16)20(17-8-4-2-5-9-17)18-10-6-3-7-11-18;1-4-10-16(11-5-1)19(17-12-6-2-7-13-17)18-14-8-3-9-15-18;1-17(2,3)22-16(20)18-11-9-14(10-12-18)21-15(19)13-7-5-4-6-8-13;1-2-6-10(7-3-1)13-14-11-8-4-5-9-12(11)15-13;13-9(14,10(15,16)33(26,27)22-34(28,29)12(19,20)21)11(17,18)35(30,31)24-4-2-23(3-5-24)7-1-6-32-8(7)25;14-4-10-17-7-1-13(2-8-18-11-5-15)3-9-19-12-6-16;8-7(9)6-4-2-1-3-5-6/h2-15H,1H3;1-15H;13-14H,4-12H2,1-3H3;1-9H,(H,14,15);7H,1-6H2;14-16H,1-12H2;1-5H,(H,8,9)/q2*+1;;;-1;;/p-1. The summed E-state index contributed by atoms with van der Waals surface area (Å²) in [7, 11) is -22.3. The number of carboxylic acid groups (broad SMARTS) is 1. The number of carbonyl (C=O) groups excluding carboxylic acids is 4. The Morgan fingerprint density at radius 2 is 0.906 bits per heavy atom. The van der Waals surface area contributed by atoms with E-state index in [1.807, 2.05) is 63.2 Å². The number of nitrogens with one attached hydrogen (secondary N) is 1. The summed E-state index contributed by atoms with van der Waals surface area (Å²) in [5.74, 6) is -8.39. The summed E-state index contributed by atoms with van der Waals surface area (Å²) in [6, 6.07) is 87.9. The number of nitrogens with zero attached hydrogens (tertiary/aromatic N) is 6. The van der Waals surface area contributed by atoms with Gasteiger partial charge in [-0.1, -0.05) is 201 Å². The summed E-state index contributed by atoms with van der Waals surface area (Å²) in [6.07, 6.45) is 6.65. The van der Waals surface area contributed by atoms with Gasteiger partial charge in [-0.05, 0) is 131 Å². The molecule has 1 unspecified atom stereocenters. The van der Waals surface area contributed by atoms with Crippen LogP contribution in [0.15, 0.2) is 290 Å². The largest absolute Gasteiger partial charge is 0.545 e. The highest BCUT2D eigenvalue weighted by atomic mass is 32.3. The second-order valence-corrected chi connectivity index (χ2v) is 41.9. The van der Waals surface area contributed by atoms with Crippen molar-refractivity contribution >= 4 is 86.9 Å². The number of fused-ring (bicyclic) bond motifs is 1. The summed E-state index contributed by atoms with van der Waals surface area (Å²) in [6.45, 7) is 10.6. The lowest BCUT2D eigenvalue weighted by molar-refractivity contribution is -0.255. The molecule has 1 saturated carbocycles. The number of piperidine rings is 1. The molecule has 27 nitrogen and oxygen atoms in total. The van der Waals surface area contributed by atoms with Gasteiger partial charge in [-0.25, -0.2) is 35.0 Å². The van der Waals surface area contributed by atoms with E-state index in [4.69, 9.17) is 39.0 Å². The van der Waals surface area contributed by atoms with Crippen LogP contribution in [0.25, 0.3) is 26.5 Å². The van der Waals surface area contributed by atoms with Crippen LogP contribution in [0.5, 0.6) is 0 Å². The molecule has 10 aromatic rings. The van der Waals surface area contributed by atoms with E-state index in [1.165, 1.54) is 58.4 Å². The third-order valence-corrected chi connectivity index (χ3v) is 30.6. The van der Waals surface area contributed by atoms with Crippen molar-refractivity contribution in [3.8, 4) is 11.4 Å². The molecule has 0 radical (unpaired) electrons. The molecular formula is C98H116F9N7O20S5. The zero-order valence-corrected chi connectivity index (χ0v) is 81.1. The molecule has 1 aromatic heterocycles. The van der Waals surface area contributed by atoms with E-state index < -0.39 is 106 Å². The molecule has 4 heterocycles. The number of esters is 2. The number of benzene rings is 9. The van der Waals surface area contributed by atoms with Gasteiger partial charge in [0, 0.05) is 83.7 Å². The van der Waals surface area contributed by atoms with Crippen molar-refractivity contribution < 1.29 is 133 Å². The monoisotopic (exact) mass is 2040 g/mol. The van der Waals surface area contributed by atoms with Crippen molar-refractivity contribution in [2.75, 3.05) is 125 Å². The number of hydrogen-bond acceptors (Lipinski definition) is 23. The lowest BCUT2D eigenvalue weighted by Gasteiger charge is -2.40. The van der Waals surface area contributed by atoms with Crippen LogP contribution in [0.4, 0.5) is 44.3 Å². The molecule has 1 amide bonds. The number of ether oxygens (including phenoxy) is 6. The number of carboxylic acids is 1. The summed E-state index contributed by atoms with van der Waals surface area (Å²) in [5.41, 5.74) is -2.44. The van der Waals surface area contributed by atoms with Crippen molar-refractivity contribution in [1.82, 2.24) is 29.0 Å². The third kappa shape index (κ3) is 34.8. The van der Waals surface area contributed by atoms with Gasteiger partial charge in [0.1, 0.15) is 23.6 Å². The van der Waals surface area contributed by atoms with Gasteiger partial charge >= 0.3 is 40.0 Å². The number of hydrogen-bond donors (Lipinski definition) is 4. The Labute approximate surface area is 810 Å². The van der Waals surface area contributed by atoms with Crippen molar-refractivity contribution in [3.05, 3.63) is 276 Å². The Balaban J connectivity index is 0.000000204. The van der Waals surface area contributed by atoms with Gasteiger partial charge in [0.25, 0.3) is 10.0 Å². The predicted molar refractivity (Wildman–Crippen MR) is 507 cm³/mol. The van der Waals surface area contributed by atoms with E-state index in [0.717, 1.165) is 67.7 Å². The molecule has 4 aliphatic rings. The molecule has 41 heteroatoms. The zero-order valence-electron chi connectivity index (χ0n) is 77.1. The number of amides is 1. The Kier molecular flexibility index (Phi) is 45.7. The molecule has 0 bridgehead atoms. The zero-order chi connectivity index (χ0) is 101. The van der Waals surface area contributed by atoms with E-state index in [-0.39, 0.29) is 84.3 Å². The fraction of sp³-hybridized carbons (Fsp3) is 0.398. The molecule has 0 spiro atoms. The predicted octanol–water partition coefficient (Wildman–Crippen LogP) is 15.6. The van der Waals surface area contributed by atoms with E-state index >= 15 is 0 Å². The SMILES string of the molecule is CC(C)(C)OC(=O)N1CCC(OC(=O)C2CCCCC2)CC1.Cc1ccc([S+](c2ccccc2)c2ccccc2)cc1.O=C([O-])c1ccccc1.O=C1OCCC1N1CCN(S(=O)(=O)C(F)(F)C(F)(F)C(F)(F)S(=O)(=O)[N-]S(=O)(=O)C(F)(F)F)CC1.OCCOCCN(CCOCCO)CCOCCO.c1ccc(-c2nc3ccccc3[nH]2)cc1.c1ccc([S+](c2ccccc2)c2ccccc2)cc1. The first-order valence-electron chi connectivity index (χ1n) is 44.5. The average molecular weight is 2040 g/mol. The second-order valence-electron chi connectivity index (χ2n) is 32.4. The number of alkyl halides is 9. The van der Waals surface area contributed by atoms with Crippen LogP contribution in [0.2, 0.25) is 0 Å². The summed E-state index contributed by atoms with van der Waals surface area (Å²) >= 11 is 0. The number of carbonyl (C=O) groups is 4. The number of imidazole rings is 1. The number of rotatable bonds is 33. The number of para-hydroxylation sites is 2. The molecule has 1 aliphatic carbocycles. The number of H-pyrrole nitrogens is 1. The van der Waals surface area contributed by atoms with Crippen LogP contribution < -0.4 is 5.11 Å². The topological polar surface area (TPSA) is 366 Å². The van der Waals surface area contributed by atoms with Crippen LogP contribution in [0.1, 0.15) is 88.1 Å². The summed E-state index contributed by atoms with van der Waals surface area (Å²) in [4.78, 5) is 66.8. The van der Waals surface area contributed by atoms with Gasteiger partial charge in [0.15, 0.2) is 49.4 Å². The highest BCUT2D eigenvalue weighted by Crippen LogP contribution is 2.54. The number of piperazine rings is 1. The maximum atomic E-state index is 14.3. The summed E-state index contributed by atoms with van der Waals surface area (Å²) in [5, 5.41) is 21.5. The molecule has 14 rings (SSSR count). The molecule has 756 valence electrons. The maximum absolute atomic E-state index is 14.3. The van der Waals surface area contributed by atoms with Gasteiger partial charge in [-0.15, -0.1) is 0 Å². The van der Waals surface area contributed by atoms with Gasteiger partial charge in [-0.3, -0.25) is 19.4 Å². The smallest absolute Gasteiger partial charge is 0.480 e. The fourth-order valence-corrected chi connectivity index (χ4v) is 21.8. The molecule has 1 atom stereocenters. The van der Waals surface area contributed by atoms with Crippen LogP contribution in [-0.2, 0) is 89.9 Å². The second kappa shape index (κ2) is 55.7. The highest BCUT2D eigenvalue weighted by Gasteiger charge is 2.81. The quantitative estimate of drug-likeness (QED) is 0.00975.